The van der Waals surface area contributed by atoms with Crippen molar-refractivity contribution in [3.05, 3.63) is 77.4 Å². The summed E-state index contributed by atoms with van der Waals surface area (Å²) in [5.41, 5.74) is 1.70. The molecule has 3 aromatic rings. The average molecular weight is 390 g/mol. The largest absolute Gasteiger partial charge is 0.497 e. The summed E-state index contributed by atoms with van der Waals surface area (Å²) in [7, 11) is 1.56. The molecule has 1 unspecified atom stereocenters. The molecule has 0 aliphatic carbocycles. The molecule has 0 heterocycles. The minimum Gasteiger partial charge on any atom is -0.497 e. The van der Waals surface area contributed by atoms with Crippen molar-refractivity contribution in [3.8, 4) is 5.75 Å². The van der Waals surface area contributed by atoms with Crippen LogP contribution >= 0.6 is 0 Å². The van der Waals surface area contributed by atoms with Crippen molar-refractivity contribution in [2.24, 2.45) is 0 Å². The highest BCUT2D eigenvalue weighted by Gasteiger charge is 2.26. The van der Waals surface area contributed by atoms with Crippen LogP contribution in [0.4, 0.5) is 0 Å². The van der Waals surface area contributed by atoms with Gasteiger partial charge in [0.2, 0.25) is 0 Å². The number of rotatable bonds is 6. The summed E-state index contributed by atoms with van der Waals surface area (Å²) in [6.45, 7) is 5.55. The number of carbonyl (C=O) groups excluding carboxylic acids is 2. The Balaban J connectivity index is 2.14. The Labute approximate surface area is 171 Å². The standard InChI is InChI=1S/C25H26O4/c1-25(2,3)29-24(27)15-23(21-13-12-19(28-4)14-18(21)16-26)22-11-7-9-17-8-5-6-10-20(17)22/h5-14,16,23H,15H2,1-4H3. The fourth-order valence-corrected chi connectivity index (χ4v) is 3.59. The van der Waals surface area contributed by atoms with E-state index in [9.17, 15) is 9.59 Å². The van der Waals surface area contributed by atoms with Crippen LogP contribution in [0.5, 0.6) is 5.75 Å². The van der Waals surface area contributed by atoms with Gasteiger partial charge in [-0.3, -0.25) is 9.59 Å². The average Bonchev–Trinajstić information content (AvgIpc) is 2.70. The molecule has 0 fully saturated rings. The van der Waals surface area contributed by atoms with Gasteiger partial charge in [0.25, 0.3) is 0 Å². The van der Waals surface area contributed by atoms with Crippen molar-refractivity contribution >= 4 is 23.0 Å². The van der Waals surface area contributed by atoms with Crippen molar-refractivity contribution in [1.82, 2.24) is 0 Å². The highest BCUT2D eigenvalue weighted by molar-refractivity contribution is 5.88. The summed E-state index contributed by atoms with van der Waals surface area (Å²) in [6.07, 6.45) is 0.948. The summed E-state index contributed by atoms with van der Waals surface area (Å²) in [4.78, 5) is 24.6. The van der Waals surface area contributed by atoms with Crippen molar-refractivity contribution < 1.29 is 19.1 Å². The van der Waals surface area contributed by atoms with Gasteiger partial charge in [-0.05, 0) is 54.8 Å². The summed E-state index contributed by atoms with van der Waals surface area (Å²) < 4.78 is 10.9. The third kappa shape index (κ3) is 4.83. The zero-order chi connectivity index (χ0) is 21.0. The summed E-state index contributed by atoms with van der Waals surface area (Å²) in [5, 5.41) is 2.14. The number of ether oxygens (including phenoxy) is 2. The molecule has 0 saturated heterocycles. The Hall–Kier alpha value is -3.14. The molecule has 4 heteroatoms. The lowest BCUT2D eigenvalue weighted by molar-refractivity contribution is -0.155. The molecule has 0 bridgehead atoms. The molecule has 150 valence electrons. The number of hydrogen-bond donors (Lipinski definition) is 0. The van der Waals surface area contributed by atoms with Gasteiger partial charge in [0.15, 0.2) is 0 Å². The van der Waals surface area contributed by atoms with Gasteiger partial charge in [0.1, 0.15) is 17.6 Å². The first-order chi connectivity index (χ1) is 13.8. The molecule has 0 radical (unpaired) electrons. The number of aldehydes is 1. The van der Waals surface area contributed by atoms with Gasteiger partial charge in [0.05, 0.1) is 13.5 Å². The summed E-state index contributed by atoms with van der Waals surface area (Å²) in [6, 6.07) is 19.4. The van der Waals surface area contributed by atoms with E-state index in [-0.39, 0.29) is 18.3 Å². The van der Waals surface area contributed by atoms with E-state index in [4.69, 9.17) is 9.47 Å². The van der Waals surface area contributed by atoms with Crippen LogP contribution in [-0.4, -0.2) is 25.0 Å². The van der Waals surface area contributed by atoms with Crippen molar-refractivity contribution in [2.75, 3.05) is 7.11 Å². The van der Waals surface area contributed by atoms with Crippen LogP contribution in [-0.2, 0) is 9.53 Å². The quantitative estimate of drug-likeness (QED) is 0.410. The van der Waals surface area contributed by atoms with Crippen molar-refractivity contribution in [1.29, 1.82) is 0 Å². The van der Waals surface area contributed by atoms with Crippen molar-refractivity contribution in [2.45, 2.75) is 38.7 Å². The first-order valence-electron chi connectivity index (χ1n) is 9.65. The Kier molecular flexibility index (Phi) is 6.02. The predicted molar refractivity (Wildman–Crippen MR) is 115 cm³/mol. The first-order valence-corrected chi connectivity index (χ1v) is 9.65. The Bertz CT molecular complexity index is 1030. The van der Waals surface area contributed by atoms with Gasteiger partial charge in [-0.2, -0.15) is 0 Å². The second-order valence-electron chi connectivity index (χ2n) is 8.02. The van der Waals surface area contributed by atoms with Gasteiger partial charge in [-0.15, -0.1) is 0 Å². The maximum atomic E-state index is 12.7. The molecule has 3 aromatic carbocycles. The highest BCUT2D eigenvalue weighted by Crippen LogP contribution is 2.36. The van der Waals surface area contributed by atoms with Crippen LogP contribution in [0.25, 0.3) is 10.8 Å². The minimum absolute atomic E-state index is 0.137. The van der Waals surface area contributed by atoms with E-state index >= 15 is 0 Å². The number of hydrogen-bond acceptors (Lipinski definition) is 4. The molecule has 0 aromatic heterocycles. The van der Waals surface area contributed by atoms with E-state index < -0.39 is 5.60 Å². The smallest absolute Gasteiger partial charge is 0.307 e. The van der Waals surface area contributed by atoms with Crippen molar-refractivity contribution in [3.63, 3.8) is 0 Å². The lowest BCUT2D eigenvalue weighted by Crippen LogP contribution is -2.25. The van der Waals surface area contributed by atoms with Crippen LogP contribution in [0, 0.1) is 0 Å². The Morgan fingerprint density at radius 2 is 1.72 bits per heavy atom. The molecule has 0 aliphatic heterocycles. The molecular weight excluding hydrogens is 364 g/mol. The molecule has 0 amide bonds. The van der Waals surface area contributed by atoms with E-state index in [0.717, 1.165) is 28.2 Å². The molecule has 0 spiro atoms. The number of fused-ring (bicyclic) bond motifs is 1. The van der Waals surface area contributed by atoms with E-state index in [2.05, 4.69) is 0 Å². The fraction of sp³-hybridized carbons (Fsp3) is 0.280. The van der Waals surface area contributed by atoms with E-state index in [0.29, 0.717) is 11.3 Å². The first kappa shape index (κ1) is 20.6. The number of methoxy groups -OCH3 is 1. The van der Waals surface area contributed by atoms with Crippen LogP contribution in [0.15, 0.2) is 60.7 Å². The molecule has 0 aliphatic rings. The highest BCUT2D eigenvalue weighted by atomic mass is 16.6. The van der Waals surface area contributed by atoms with Crippen LogP contribution < -0.4 is 4.74 Å². The second kappa shape index (κ2) is 8.48. The zero-order valence-corrected chi connectivity index (χ0v) is 17.3. The molecule has 0 N–H and O–H groups in total. The predicted octanol–water partition coefficient (Wildman–Crippen LogP) is 5.52. The third-order valence-corrected chi connectivity index (χ3v) is 4.79. The third-order valence-electron chi connectivity index (χ3n) is 4.79. The monoisotopic (exact) mass is 390 g/mol. The van der Waals surface area contributed by atoms with Gasteiger partial charge < -0.3 is 9.47 Å². The molecule has 1 atom stereocenters. The molecule has 0 saturated carbocycles. The topological polar surface area (TPSA) is 52.6 Å². The lowest BCUT2D eigenvalue weighted by Gasteiger charge is -2.24. The Morgan fingerprint density at radius 3 is 2.41 bits per heavy atom. The van der Waals surface area contributed by atoms with E-state index in [1.807, 2.05) is 75.4 Å². The van der Waals surface area contributed by atoms with Gasteiger partial charge in [0, 0.05) is 11.5 Å². The molecular formula is C25H26O4. The summed E-state index contributed by atoms with van der Waals surface area (Å²) >= 11 is 0. The summed E-state index contributed by atoms with van der Waals surface area (Å²) in [5.74, 6) is -0.0186. The second-order valence-corrected chi connectivity index (χ2v) is 8.02. The fourth-order valence-electron chi connectivity index (χ4n) is 3.59. The molecule has 29 heavy (non-hydrogen) atoms. The minimum atomic E-state index is -0.576. The molecule has 3 rings (SSSR count). The van der Waals surface area contributed by atoms with Crippen LogP contribution in [0.2, 0.25) is 0 Å². The SMILES string of the molecule is COc1ccc(C(CC(=O)OC(C)(C)C)c2cccc3ccccc23)c(C=O)c1. The number of carbonyl (C=O) groups is 2. The maximum absolute atomic E-state index is 12.7. The number of benzene rings is 3. The Morgan fingerprint density at radius 1 is 1.00 bits per heavy atom. The zero-order valence-electron chi connectivity index (χ0n) is 17.3. The van der Waals surface area contributed by atoms with E-state index in [1.54, 1.807) is 13.2 Å². The van der Waals surface area contributed by atoms with Gasteiger partial charge in [-0.25, -0.2) is 0 Å². The lowest BCUT2D eigenvalue weighted by atomic mass is 9.83. The maximum Gasteiger partial charge on any atom is 0.307 e. The van der Waals surface area contributed by atoms with Crippen LogP contribution in [0.3, 0.4) is 0 Å². The normalized spacial score (nSPS) is 12.4. The van der Waals surface area contributed by atoms with Gasteiger partial charge in [-0.1, -0.05) is 48.5 Å². The van der Waals surface area contributed by atoms with Gasteiger partial charge >= 0.3 is 5.97 Å². The number of esters is 1. The van der Waals surface area contributed by atoms with Crippen LogP contribution in [0.1, 0.15) is 54.6 Å². The molecule has 4 nitrogen and oxygen atoms in total. The van der Waals surface area contributed by atoms with E-state index in [1.165, 1.54) is 0 Å².